The smallest absolute Gasteiger partial charge is 0.298 e. The van der Waals surface area contributed by atoms with E-state index in [0.29, 0.717) is 12.0 Å². The summed E-state index contributed by atoms with van der Waals surface area (Å²) >= 11 is 0. The summed E-state index contributed by atoms with van der Waals surface area (Å²) in [6.07, 6.45) is 3.18. The number of aryl methyl sites for hydroxylation is 1. The molecule has 14 heavy (non-hydrogen) atoms. The Bertz CT molecular complexity index is 417. The van der Waals surface area contributed by atoms with Crippen LogP contribution in [0.1, 0.15) is 38.8 Å². The van der Waals surface area contributed by atoms with E-state index in [4.69, 9.17) is 0 Å². The summed E-state index contributed by atoms with van der Waals surface area (Å²) in [5, 5.41) is 0. The lowest BCUT2D eigenvalue weighted by Gasteiger charge is -2.12. The van der Waals surface area contributed by atoms with Crippen molar-refractivity contribution in [3.63, 3.8) is 0 Å². The first-order valence-electron chi connectivity index (χ1n) is 4.94. The molecule has 0 fully saturated rings. The van der Waals surface area contributed by atoms with Crippen LogP contribution in [0, 0.1) is 0 Å². The van der Waals surface area contributed by atoms with Crippen molar-refractivity contribution in [1.82, 2.24) is 9.55 Å². The summed E-state index contributed by atoms with van der Waals surface area (Å²) in [5.41, 5.74) is 0.0727. The van der Waals surface area contributed by atoms with Crippen LogP contribution >= 0.6 is 0 Å². The second-order valence-corrected chi connectivity index (χ2v) is 3.43. The van der Waals surface area contributed by atoms with Crippen molar-refractivity contribution in [2.75, 3.05) is 0 Å². The number of hydrogen-bond donors (Lipinski definition) is 1. The maximum atomic E-state index is 11.4. The molecule has 4 heteroatoms. The van der Waals surface area contributed by atoms with Gasteiger partial charge in [-0.2, -0.15) is 0 Å². The van der Waals surface area contributed by atoms with Crippen LogP contribution in [0.2, 0.25) is 0 Å². The molecule has 0 saturated heterocycles. The van der Waals surface area contributed by atoms with Gasteiger partial charge in [-0.1, -0.05) is 13.8 Å². The van der Waals surface area contributed by atoms with Gasteiger partial charge in [-0.3, -0.25) is 14.3 Å². The van der Waals surface area contributed by atoms with Gasteiger partial charge in [-0.05, 0) is 19.8 Å². The van der Waals surface area contributed by atoms with Gasteiger partial charge in [0.15, 0.2) is 0 Å². The highest BCUT2D eigenvalue weighted by atomic mass is 16.2. The van der Waals surface area contributed by atoms with Crippen molar-refractivity contribution in [2.24, 2.45) is 0 Å². The van der Waals surface area contributed by atoms with Crippen LogP contribution < -0.4 is 11.2 Å². The molecular weight excluding hydrogens is 180 g/mol. The van der Waals surface area contributed by atoms with Crippen molar-refractivity contribution in [3.8, 4) is 0 Å². The molecule has 0 radical (unpaired) electrons. The largest absolute Gasteiger partial charge is 0.328 e. The summed E-state index contributed by atoms with van der Waals surface area (Å²) in [5.74, 6) is 0. The summed E-state index contributed by atoms with van der Waals surface area (Å²) in [6, 6.07) is 0.129. The molecule has 78 valence electrons. The van der Waals surface area contributed by atoms with Gasteiger partial charge in [0.05, 0.1) is 0 Å². The number of aromatic nitrogens is 2. The molecule has 1 rings (SSSR count). The normalized spacial score (nSPS) is 12.8. The van der Waals surface area contributed by atoms with Crippen LogP contribution in [0.15, 0.2) is 15.8 Å². The average molecular weight is 196 g/mol. The first-order valence-corrected chi connectivity index (χ1v) is 4.94. The Kier molecular flexibility index (Phi) is 3.28. The van der Waals surface area contributed by atoms with Gasteiger partial charge >= 0.3 is 5.69 Å². The van der Waals surface area contributed by atoms with Crippen molar-refractivity contribution in [1.29, 1.82) is 0 Å². The van der Waals surface area contributed by atoms with Gasteiger partial charge in [0, 0.05) is 17.8 Å². The maximum absolute atomic E-state index is 11.4. The zero-order chi connectivity index (χ0) is 10.7. The van der Waals surface area contributed by atoms with E-state index < -0.39 is 0 Å². The Morgan fingerprint density at radius 3 is 2.57 bits per heavy atom. The fraction of sp³-hybridized carbons (Fsp3) is 0.600. The van der Waals surface area contributed by atoms with Crippen LogP contribution in [-0.2, 0) is 6.42 Å². The molecule has 0 aliphatic heterocycles. The van der Waals surface area contributed by atoms with E-state index in [1.165, 1.54) is 0 Å². The quantitative estimate of drug-likeness (QED) is 0.786. The predicted molar refractivity (Wildman–Crippen MR) is 55.7 cm³/mol. The van der Waals surface area contributed by atoms with Gasteiger partial charge in [0.2, 0.25) is 0 Å². The molecule has 4 nitrogen and oxygen atoms in total. The highest BCUT2D eigenvalue weighted by Gasteiger charge is 2.07. The molecule has 0 aliphatic rings. The molecule has 0 spiro atoms. The zero-order valence-electron chi connectivity index (χ0n) is 8.83. The summed E-state index contributed by atoms with van der Waals surface area (Å²) in [4.78, 5) is 25.0. The Balaban J connectivity index is 3.31. The van der Waals surface area contributed by atoms with Crippen molar-refractivity contribution >= 4 is 0 Å². The third-order valence-electron chi connectivity index (χ3n) is 2.49. The van der Waals surface area contributed by atoms with Gasteiger partial charge in [-0.15, -0.1) is 0 Å². The maximum Gasteiger partial charge on any atom is 0.328 e. The lowest BCUT2D eigenvalue weighted by molar-refractivity contribution is 0.499. The van der Waals surface area contributed by atoms with Crippen molar-refractivity contribution < 1.29 is 0 Å². The van der Waals surface area contributed by atoms with E-state index in [1.54, 1.807) is 10.8 Å². The average Bonchev–Trinajstić information content (AvgIpc) is 2.17. The summed E-state index contributed by atoms with van der Waals surface area (Å²) < 4.78 is 1.58. The van der Waals surface area contributed by atoms with E-state index in [-0.39, 0.29) is 17.3 Å². The monoisotopic (exact) mass is 196 g/mol. The van der Waals surface area contributed by atoms with Gasteiger partial charge in [-0.25, -0.2) is 4.79 Å². The van der Waals surface area contributed by atoms with Crippen molar-refractivity contribution in [3.05, 3.63) is 32.6 Å². The lowest BCUT2D eigenvalue weighted by atomic mass is 10.2. The zero-order valence-corrected chi connectivity index (χ0v) is 8.83. The van der Waals surface area contributed by atoms with E-state index >= 15 is 0 Å². The number of nitrogens with zero attached hydrogens (tertiary/aromatic N) is 1. The number of nitrogens with one attached hydrogen (secondary N) is 1. The van der Waals surface area contributed by atoms with E-state index in [0.717, 1.165) is 6.42 Å². The SMILES string of the molecule is CCc1cn(C(C)CC)c(=O)[nH]c1=O. The second-order valence-electron chi connectivity index (χ2n) is 3.43. The molecule has 0 amide bonds. The Morgan fingerprint density at radius 1 is 1.43 bits per heavy atom. The molecule has 1 aromatic rings. The van der Waals surface area contributed by atoms with Crippen molar-refractivity contribution in [2.45, 2.75) is 39.7 Å². The molecule has 0 bridgehead atoms. The molecule has 1 unspecified atom stereocenters. The Labute approximate surface area is 82.6 Å². The van der Waals surface area contributed by atoms with Crippen LogP contribution in [-0.4, -0.2) is 9.55 Å². The third kappa shape index (κ3) is 1.95. The summed E-state index contributed by atoms with van der Waals surface area (Å²) in [7, 11) is 0. The first-order chi connectivity index (χ1) is 6.60. The van der Waals surface area contributed by atoms with Crippen LogP contribution in [0.5, 0.6) is 0 Å². The Hall–Kier alpha value is -1.32. The fourth-order valence-corrected chi connectivity index (χ4v) is 1.30. The number of H-pyrrole nitrogens is 1. The topological polar surface area (TPSA) is 54.9 Å². The lowest BCUT2D eigenvalue weighted by Crippen LogP contribution is -2.33. The molecule has 0 aromatic carbocycles. The highest BCUT2D eigenvalue weighted by molar-refractivity contribution is 5.04. The standard InChI is InChI=1S/C10H16N2O2/c1-4-7(3)12-6-8(5-2)9(13)11-10(12)14/h6-7H,4-5H2,1-3H3,(H,11,13,14). The van der Waals surface area contributed by atoms with Crippen LogP contribution in [0.4, 0.5) is 0 Å². The van der Waals surface area contributed by atoms with Crippen LogP contribution in [0.25, 0.3) is 0 Å². The molecule has 1 aromatic heterocycles. The Morgan fingerprint density at radius 2 is 2.07 bits per heavy atom. The van der Waals surface area contributed by atoms with Gasteiger partial charge in [0.1, 0.15) is 0 Å². The second kappa shape index (κ2) is 4.26. The van der Waals surface area contributed by atoms with Gasteiger partial charge in [0.25, 0.3) is 5.56 Å². The molecule has 1 N–H and O–H groups in total. The third-order valence-corrected chi connectivity index (χ3v) is 2.49. The van der Waals surface area contributed by atoms with E-state index in [1.807, 2.05) is 20.8 Å². The predicted octanol–water partition coefficient (Wildman–Crippen LogP) is 1.07. The molecule has 1 atom stereocenters. The first kappa shape index (κ1) is 10.8. The fourth-order valence-electron chi connectivity index (χ4n) is 1.30. The molecule has 1 heterocycles. The number of hydrogen-bond acceptors (Lipinski definition) is 2. The summed E-state index contributed by atoms with van der Waals surface area (Å²) in [6.45, 7) is 5.86. The van der Waals surface area contributed by atoms with E-state index in [2.05, 4.69) is 4.98 Å². The van der Waals surface area contributed by atoms with Gasteiger partial charge < -0.3 is 0 Å². The minimum absolute atomic E-state index is 0.129. The van der Waals surface area contributed by atoms with E-state index in [9.17, 15) is 9.59 Å². The minimum atomic E-state index is -0.318. The highest BCUT2D eigenvalue weighted by Crippen LogP contribution is 2.05. The molecular formula is C10H16N2O2. The minimum Gasteiger partial charge on any atom is -0.298 e. The molecule has 0 aliphatic carbocycles. The molecule has 0 saturated carbocycles. The van der Waals surface area contributed by atoms with Crippen LogP contribution in [0.3, 0.4) is 0 Å². The number of aromatic amines is 1. The number of rotatable bonds is 3.